The summed E-state index contributed by atoms with van der Waals surface area (Å²) >= 11 is 3.35. The number of benzene rings is 2. The molecular formula is C23H23BrF3NO3. The molecule has 31 heavy (non-hydrogen) atoms. The zero-order chi connectivity index (χ0) is 23.0. The topological polar surface area (TPSA) is 49.8 Å². The molecule has 1 heterocycles. The van der Waals surface area contributed by atoms with Crippen molar-refractivity contribution in [1.82, 2.24) is 4.90 Å². The molecule has 0 bridgehead atoms. The van der Waals surface area contributed by atoms with Crippen molar-refractivity contribution in [2.24, 2.45) is 5.92 Å². The fourth-order valence-corrected chi connectivity index (χ4v) is 4.51. The van der Waals surface area contributed by atoms with Crippen molar-refractivity contribution in [3.8, 4) is 5.75 Å². The molecule has 0 aromatic heterocycles. The van der Waals surface area contributed by atoms with Gasteiger partial charge in [-0.2, -0.15) is 13.2 Å². The predicted octanol–water partition coefficient (Wildman–Crippen LogP) is 5.25. The van der Waals surface area contributed by atoms with Crippen molar-refractivity contribution in [2.45, 2.75) is 32.2 Å². The third-order valence-corrected chi connectivity index (χ3v) is 5.89. The van der Waals surface area contributed by atoms with Crippen LogP contribution in [0.15, 0.2) is 53.0 Å². The highest BCUT2D eigenvalue weighted by molar-refractivity contribution is 9.12. The van der Waals surface area contributed by atoms with Crippen LogP contribution in [-0.4, -0.2) is 35.3 Å². The van der Waals surface area contributed by atoms with E-state index < -0.39 is 17.5 Å². The maximum absolute atomic E-state index is 13.1. The molecule has 8 heteroatoms. The van der Waals surface area contributed by atoms with Crippen molar-refractivity contribution in [2.75, 3.05) is 13.7 Å². The van der Waals surface area contributed by atoms with Gasteiger partial charge in [-0.25, -0.2) is 0 Å². The van der Waals surface area contributed by atoms with Crippen molar-refractivity contribution < 1.29 is 27.8 Å². The van der Waals surface area contributed by atoms with Crippen LogP contribution in [-0.2, 0) is 17.4 Å². The Labute approximate surface area is 187 Å². The molecule has 2 aromatic rings. The van der Waals surface area contributed by atoms with Gasteiger partial charge in [0, 0.05) is 24.1 Å². The summed E-state index contributed by atoms with van der Waals surface area (Å²) in [5, 5.41) is 11.9. The van der Waals surface area contributed by atoms with Crippen LogP contribution in [0.25, 0.3) is 5.57 Å². The highest BCUT2D eigenvalue weighted by atomic mass is 79.9. The van der Waals surface area contributed by atoms with Gasteiger partial charge in [-0.15, -0.1) is 0 Å². The Balaban J connectivity index is 2.11. The molecule has 2 aromatic carbocycles. The number of hydrogen-bond donors (Lipinski definition) is 1. The van der Waals surface area contributed by atoms with Gasteiger partial charge >= 0.3 is 6.18 Å². The Morgan fingerprint density at radius 1 is 1.13 bits per heavy atom. The van der Waals surface area contributed by atoms with E-state index in [1.165, 1.54) is 24.1 Å². The number of alkyl halides is 3. The second-order valence-corrected chi connectivity index (χ2v) is 8.68. The second-order valence-electron chi connectivity index (χ2n) is 7.89. The molecule has 3 rings (SSSR count). The molecular weight excluding hydrogens is 475 g/mol. The standard InChI is InChI=1S/C23H23BrF3NO3/c1-14(2)13-28-21(29)20(24)19(17-6-4-5-7-18(17)31-3)22(28,30)12-15-8-10-16(11-9-15)23(25,26)27/h4-11,14,30H,12-13H2,1-3H3. The van der Waals surface area contributed by atoms with Gasteiger partial charge in [0.15, 0.2) is 5.72 Å². The zero-order valence-corrected chi connectivity index (χ0v) is 18.9. The largest absolute Gasteiger partial charge is 0.496 e. The van der Waals surface area contributed by atoms with Gasteiger partial charge in [-0.05, 0) is 45.6 Å². The number of carbonyl (C=O) groups excluding carboxylic acids is 1. The van der Waals surface area contributed by atoms with E-state index in [1.807, 2.05) is 13.8 Å². The number of methoxy groups -OCH3 is 1. The fourth-order valence-electron chi connectivity index (χ4n) is 3.77. The van der Waals surface area contributed by atoms with Crippen LogP contribution in [0.3, 0.4) is 0 Å². The van der Waals surface area contributed by atoms with Crippen LogP contribution >= 0.6 is 15.9 Å². The molecule has 1 aliphatic rings. The molecule has 0 aliphatic carbocycles. The van der Waals surface area contributed by atoms with Gasteiger partial charge in [-0.3, -0.25) is 4.79 Å². The summed E-state index contributed by atoms with van der Waals surface area (Å²) in [5.41, 5.74) is -1.21. The number of halogens is 4. The maximum atomic E-state index is 13.1. The fraction of sp³-hybridized carbons (Fsp3) is 0.348. The first-order chi connectivity index (χ1) is 14.5. The summed E-state index contributed by atoms with van der Waals surface area (Å²) in [6.07, 6.45) is -4.53. The smallest absolute Gasteiger partial charge is 0.416 e. The van der Waals surface area contributed by atoms with Crippen molar-refractivity contribution in [1.29, 1.82) is 0 Å². The SMILES string of the molecule is COc1ccccc1C1=C(Br)C(=O)N(CC(C)C)C1(O)Cc1ccc(C(F)(F)F)cc1. The van der Waals surface area contributed by atoms with Crippen LogP contribution in [0.1, 0.15) is 30.5 Å². The summed E-state index contributed by atoms with van der Waals surface area (Å²) in [6, 6.07) is 11.6. The molecule has 166 valence electrons. The van der Waals surface area contributed by atoms with Gasteiger partial charge in [0.25, 0.3) is 5.91 Å². The van der Waals surface area contributed by atoms with Crippen molar-refractivity contribution in [3.05, 3.63) is 69.7 Å². The van der Waals surface area contributed by atoms with E-state index in [1.54, 1.807) is 24.3 Å². The van der Waals surface area contributed by atoms with E-state index in [0.717, 1.165) is 12.1 Å². The van der Waals surface area contributed by atoms with Gasteiger partial charge in [0.05, 0.1) is 17.2 Å². The van der Waals surface area contributed by atoms with E-state index in [9.17, 15) is 23.1 Å². The molecule has 1 unspecified atom stereocenters. The molecule has 0 spiro atoms. The lowest BCUT2D eigenvalue weighted by Gasteiger charge is -2.37. The van der Waals surface area contributed by atoms with E-state index in [4.69, 9.17) is 4.74 Å². The molecule has 1 atom stereocenters. The number of carbonyl (C=O) groups is 1. The average Bonchev–Trinajstić information content (AvgIpc) is 2.87. The highest BCUT2D eigenvalue weighted by Gasteiger charge is 2.51. The molecule has 0 radical (unpaired) electrons. The first kappa shape index (κ1) is 23.3. The van der Waals surface area contributed by atoms with Crippen LogP contribution in [0.5, 0.6) is 5.75 Å². The Morgan fingerprint density at radius 3 is 2.29 bits per heavy atom. The van der Waals surface area contributed by atoms with Crippen molar-refractivity contribution >= 4 is 27.4 Å². The van der Waals surface area contributed by atoms with Gasteiger partial charge in [0.2, 0.25) is 0 Å². The van der Waals surface area contributed by atoms with Crippen molar-refractivity contribution in [3.63, 3.8) is 0 Å². The number of hydrogen-bond acceptors (Lipinski definition) is 3. The van der Waals surface area contributed by atoms with Gasteiger partial charge < -0.3 is 14.7 Å². The number of nitrogens with zero attached hydrogens (tertiary/aromatic N) is 1. The Bertz CT molecular complexity index is 1000. The van der Waals surface area contributed by atoms with E-state index in [2.05, 4.69) is 15.9 Å². The van der Waals surface area contributed by atoms with E-state index in [-0.39, 0.29) is 29.3 Å². The van der Waals surface area contributed by atoms with Gasteiger partial charge in [0.1, 0.15) is 5.75 Å². The predicted molar refractivity (Wildman–Crippen MR) is 115 cm³/mol. The summed E-state index contributed by atoms with van der Waals surface area (Å²) < 4.78 is 44.5. The minimum atomic E-state index is -4.45. The lowest BCUT2D eigenvalue weighted by molar-refractivity contribution is -0.141. The number of amides is 1. The number of aliphatic hydroxyl groups is 1. The first-order valence-electron chi connectivity index (χ1n) is 9.73. The third kappa shape index (κ3) is 4.50. The van der Waals surface area contributed by atoms with Crippen LogP contribution in [0.4, 0.5) is 13.2 Å². The minimum Gasteiger partial charge on any atom is -0.496 e. The molecule has 0 saturated heterocycles. The lowest BCUT2D eigenvalue weighted by atomic mass is 9.89. The van der Waals surface area contributed by atoms with Crippen LogP contribution in [0.2, 0.25) is 0 Å². The zero-order valence-electron chi connectivity index (χ0n) is 17.3. The molecule has 1 amide bonds. The summed E-state index contributed by atoms with van der Waals surface area (Å²) in [6.45, 7) is 4.10. The quantitative estimate of drug-likeness (QED) is 0.592. The summed E-state index contributed by atoms with van der Waals surface area (Å²) in [5.74, 6) is 0.143. The molecule has 0 saturated carbocycles. The lowest BCUT2D eigenvalue weighted by Crippen LogP contribution is -2.51. The molecule has 1 N–H and O–H groups in total. The molecule has 1 aliphatic heterocycles. The molecule has 0 fully saturated rings. The number of ether oxygens (including phenoxy) is 1. The average molecular weight is 498 g/mol. The maximum Gasteiger partial charge on any atom is 0.416 e. The Hall–Kier alpha value is -2.32. The normalized spacial score (nSPS) is 19.5. The first-order valence-corrected chi connectivity index (χ1v) is 10.5. The second kappa shape index (κ2) is 8.67. The Morgan fingerprint density at radius 2 is 1.74 bits per heavy atom. The highest BCUT2D eigenvalue weighted by Crippen LogP contribution is 2.47. The van der Waals surface area contributed by atoms with E-state index >= 15 is 0 Å². The molecule has 4 nitrogen and oxygen atoms in total. The monoisotopic (exact) mass is 497 g/mol. The minimum absolute atomic E-state index is 0.0559. The van der Waals surface area contributed by atoms with E-state index in [0.29, 0.717) is 22.4 Å². The Kier molecular flexibility index (Phi) is 6.53. The summed E-state index contributed by atoms with van der Waals surface area (Å²) in [7, 11) is 1.49. The third-order valence-electron chi connectivity index (χ3n) is 5.16. The van der Waals surface area contributed by atoms with Crippen LogP contribution < -0.4 is 4.74 Å². The van der Waals surface area contributed by atoms with Crippen LogP contribution in [0, 0.1) is 5.92 Å². The number of para-hydroxylation sites is 1. The number of rotatable bonds is 6. The van der Waals surface area contributed by atoms with Gasteiger partial charge in [-0.1, -0.05) is 44.2 Å². The summed E-state index contributed by atoms with van der Waals surface area (Å²) in [4.78, 5) is 14.4.